The number of ether oxygens (including phenoxy) is 1. The fourth-order valence-electron chi connectivity index (χ4n) is 3.30. The van der Waals surface area contributed by atoms with E-state index in [-0.39, 0.29) is 5.60 Å². The van der Waals surface area contributed by atoms with Crippen LogP contribution in [0.4, 0.5) is 0 Å². The molecule has 0 aromatic rings. The van der Waals surface area contributed by atoms with Crippen molar-refractivity contribution in [1.82, 2.24) is 0 Å². The number of hydrogen-bond donors (Lipinski definition) is 1. The van der Waals surface area contributed by atoms with Gasteiger partial charge in [0.25, 0.3) is 0 Å². The van der Waals surface area contributed by atoms with Crippen LogP contribution in [0.1, 0.15) is 66.2 Å². The molecular formula is C16H31NO. The fraction of sp³-hybridized carbons (Fsp3) is 1.00. The first-order valence-corrected chi connectivity index (χ1v) is 7.72. The summed E-state index contributed by atoms with van der Waals surface area (Å²) in [6.45, 7) is 10.2. The molecule has 1 aliphatic carbocycles. The Morgan fingerprint density at radius 2 is 2.00 bits per heavy atom. The summed E-state index contributed by atoms with van der Waals surface area (Å²) in [5.74, 6) is 1.37. The molecule has 0 aromatic heterocycles. The summed E-state index contributed by atoms with van der Waals surface area (Å²) in [6, 6.07) is 0.362. The maximum atomic E-state index is 6.49. The van der Waals surface area contributed by atoms with Gasteiger partial charge in [0.05, 0.1) is 5.60 Å². The fourth-order valence-corrected chi connectivity index (χ4v) is 3.30. The van der Waals surface area contributed by atoms with E-state index in [0.717, 1.165) is 13.0 Å². The van der Waals surface area contributed by atoms with Gasteiger partial charge in [0.15, 0.2) is 0 Å². The highest BCUT2D eigenvalue weighted by atomic mass is 16.5. The van der Waals surface area contributed by atoms with Crippen molar-refractivity contribution in [3.8, 4) is 0 Å². The molecule has 1 spiro atoms. The Morgan fingerprint density at radius 3 is 2.50 bits per heavy atom. The lowest BCUT2D eigenvalue weighted by molar-refractivity contribution is -0.146. The van der Waals surface area contributed by atoms with E-state index in [1.54, 1.807) is 0 Å². The summed E-state index contributed by atoms with van der Waals surface area (Å²) in [4.78, 5) is 0. The van der Waals surface area contributed by atoms with Crippen LogP contribution in [-0.2, 0) is 4.74 Å². The molecule has 2 N–H and O–H groups in total. The molecule has 1 heterocycles. The molecule has 0 radical (unpaired) electrons. The van der Waals surface area contributed by atoms with Crippen molar-refractivity contribution in [1.29, 1.82) is 0 Å². The molecule has 106 valence electrons. The van der Waals surface area contributed by atoms with Crippen LogP contribution in [0, 0.1) is 17.3 Å². The Morgan fingerprint density at radius 1 is 1.33 bits per heavy atom. The Bertz CT molecular complexity index is 277. The molecule has 2 nitrogen and oxygen atoms in total. The van der Waals surface area contributed by atoms with E-state index >= 15 is 0 Å². The van der Waals surface area contributed by atoms with Crippen molar-refractivity contribution in [2.45, 2.75) is 77.9 Å². The normalized spacial score (nSPS) is 30.8. The van der Waals surface area contributed by atoms with Crippen LogP contribution in [-0.4, -0.2) is 18.2 Å². The molecule has 3 atom stereocenters. The molecule has 0 amide bonds. The molecule has 2 rings (SSSR count). The topological polar surface area (TPSA) is 35.2 Å². The highest BCUT2D eigenvalue weighted by molar-refractivity contribution is 4.96. The van der Waals surface area contributed by atoms with E-state index in [4.69, 9.17) is 10.5 Å². The van der Waals surface area contributed by atoms with Gasteiger partial charge in [-0.1, -0.05) is 27.7 Å². The molecule has 1 aliphatic heterocycles. The van der Waals surface area contributed by atoms with Gasteiger partial charge in [-0.05, 0) is 55.8 Å². The third-order valence-corrected chi connectivity index (χ3v) is 5.51. The average Bonchev–Trinajstić information content (AvgIpc) is 2.25. The number of nitrogens with two attached hydrogens (primary N) is 1. The van der Waals surface area contributed by atoms with Gasteiger partial charge >= 0.3 is 0 Å². The smallest absolute Gasteiger partial charge is 0.0685 e. The van der Waals surface area contributed by atoms with Gasteiger partial charge in [-0.25, -0.2) is 0 Å². The van der Waals surface area contributed by atoms with Gasteiger partial charge in [-0.2, -0.15) is 0 Å². The summed E-state index contributed by atoms with van der Waals surface area (Å²) in [7, 11) is 0. The molecule has 2 fully saturated rings. The highest BCUT2D eigenvalue weighted by Gasteiger charge is 2.44. The third kappa shape index (κ3) is 3.08. The van der Waals surface area contributed by atoms with Crippen LogP contribution in [0.15, 0.2) is 0 Å². The first kappa shape index (κ1) is 14.3. The number of hydrogen-bond acceptors (Lipinski definition) is 2. The predicted octanol–water partition coefficient (Wildman–Crippen LogP) is 3.74. The molecule has 1 saturated carbocycles. The molecule has 0 aromatic carbocycles. The van der Waals surface area contributed by atoms with Gasteiger partial charge in [0.1, 0.15) is 0 Å². The lowest BCUT2D eigenvalue weighted by Gasteiger charge is -2.48. The predicted molar refractivity (Wildman–Crippen MR) is 76.5 cm³/mol. The van der Waals surface area contributed by atoms with Gasteiger partial charge in [-0.3, -0.25) is 0 Å². The molecule has 2 aliphatic rings. The van der Waals surface area contributed by atoms with Gasteiger partial charge < -0.3 is 10.5 Å². The Kier molecular flexibility index (Phi) is 4.08. The first-order chi connectivity index (χ1) is 8.32. The quantitative estimate of drug-likeness (QED) is 0.831. The minimum Gasteiger partial charge on any atom is -0.375 e. The van der Waals surface area contributed by atoms with E-state index in [0.29, 0.717) is 23.3 Å². The maximum Gasteiger partial charge on any atom is 0.0685 e. The van der Waals surface area contributed by atoms with Gasteiger partial charge in [0, 0.05) is 12.6 Å². The van der Waals surface area contributed by atoms with E-state index in [1.165, 1.54) is 32.1 Å². The van der Waals surface area contributed by atoms with Gasteiger partial charge in [0.2, 0.25) is 0 Å². The van der Waals surface area contributed by atoms with Crippen LogP contribution >= 0.6 is 0 Å². The Labute approximate surface area is 113 Å². The molecule has 3 unspecified atom stereocenters. The van der Waals surface area contributed by atoms with Crippen molar-refractivity contribution in [3.63, 3.8) is 0 Å². The van der Waals surface area contributed by atoms with Crippen molar-refractivity contribution < 1.29 is 4.74 Å². The monoisotopic (exact) mass is 253 g/mol. The van der Waals surface area contributed by atoms with E-state index in [2.05, 4.69) is 27.7 Å². The van der Waals surface area contributed by atoms with Crippen molar-refractivity contribution >= 4 is 0 Å². The van der Waals surface area contributed by atoms with E-state index in [1.807, 2.05) is 0 Å². The zero-order valence-corrected chi connectivity index (χ0v) is 12.7. The lowest BCUT2D eigenvalue weighted by atomic mass is 9.68. The Hall–Kier alpha value is -0.0800. The largest absolute Gasteiger partial charge is 0.375 e. The summed E-state index contributed by atoms with van der Waals surface area (Å²) in [5, 5.41) is 0. The summed E-state index contributed by atoms with van der Waals surface area (Å²) in [6.07, 6.45) is 7.42. The lowest BCUT2D eigenvalue weighted by Crippen LogP contribution is -2.49. The molecule has 2 heteroatoms. The standard InChI is InChI=1S/C16H31NO/c1-12(15(2,3)4)10-14(17)13-6-9-18-16(11-13)7-5-8-16/h12-14H,5-11,17H2,1-4H3. The molecule has 0 bridgehead atoms. The minimum atomic E-state index is 0.242. The van der Waals surface area contributed by atoms with Crippen molar-refractivity contribution in [3.05, 3.63) is 0 Å². The van der Waals surface area contributed by atoms with Gasteiger partial charge in [-0.15, -0.1) is 0 Å². The van der Waals surface area contributed by atoms with Crippen molar-refractivity contribution in [2.24, 2.45) is 23.0 Å². The SMILES string of the molecule is CC(CC(N)C1CCOC2(CCC2)C1)C(C)(C)C. The van der Waals surface area contributed by atoms with Crippen molar-refractivity contribution in [2.75, 3.05) is 6.61 Å². The zero-order valence-electron chi connectivity index (χ0n) is 12.7. The van der Waals surface area contributed by atoms with Crippen LogP contribution in [0.2, 0.25) is 0 Å². The average molecular weight is 253 g/mol. The summed E-state index contributed by atoms with van der Waals surface area (Å²) >= 11 is 0. The minimum absolute atomic E-state index is 0.242. The van der Waals surface area contributed by atoms with E-state index in [9.17, 15) is 0 Å². The molecule has 1 saturated heterocycles. The zero-order chi connectivity index (χ0) is 13.4. The highest BCUT2D eigenvalue weighted by Crippen LogP contribution is 2.45. The molecule has 18 heavy (non-hydrogen) atoms. The van der Waals surface area contributed by atoms with E-state index < -0.39 is 0 Å². The second kappa shape index (κ2) is 5.13. The summed E-state index contributed by atoms with van der Waals surface area (Å²) < 4.78 is 6.00. The van der Waals surface area contributed by atoms with Crippen LogP contribution < -0.4 is 5.73 Å². The summed E-state index contributed by atoms with van der Waals surface area (Å²) in [5.41, 5.74) is 7.10. The second-order valence-electron chi connectivity index (χ2n) is 7.80. The third-order valence-electron chi connectivity index (χ3n) is 5.51. The number of rotatable bonds is 3. The van der Waals surface area contributed by atoms with Crippen LogP contribution in [0.3, 0.4) is 0 Å². The second-order valence-corrected chi connectivity index (χ2v) is 7.80. The van der Waals surface area contributed by atoms with Crippen LogP contribution in [0.5, 0.6) is 0 Å². The van der Waals surface area contributed by atoms with Crippen LogP contribution in [0.25, 0.3) is 0 Å². The Balaban J connectivity index is 1.87. The first-order valence-electron chi connectivity index (χ1n) is 7.72. The molecular weight excluding hydrogens is 222 g/mol. The maximum absolute atomic E-state index is 6.49.